The minimum Gasteiger partial charge on any atom is -0.341 e. The number of amides is 1. The molecule has 1 atom stereocenters. The Labute approximate surface area is 85.1 Å². The molecule has 3 nitrogen and oxygen atoms in total. The number of hydrogen-bond acceptors (Lipinski definition) is 2. The zero-order valence-electron chi connectivity index (χ0n) is 7.74. The zero-order chi connectivity index (χ0) is 8.55. The maximum atomic E-state index is 11.6. The van der Waals surface area contributed by atoms with Crippen molar-refractivity contribution in [3.05, 3.63) is 0 Å². The minimum atomic E-state index is 0. The monoisotopic (exact) mass is 204 g/mol. The Morgan fingerprint density at radius 3 is 2.54 bits per heavy atom. The fourth-order valence-corrected chi connectivity index (χ4v) is 1.80. The highest BCUT2D eigenvalue weighted by Gasteiger charge is 2.34. The van der Waals surface area contributed by atoms with Gasteiger partial charge in [-0.05, 0) is 25.7 Å². The number of carbonyl (C=O) groups is 1. The molecule has 13 heavy (non-hydrogen) atoms. The van der Waals surface area contributed by atoms with E-state index in [1.54, 1.807) is 0 Å². The second-order valence-electron chi connectivity index (χ2n) is 3.96. The van der Waals surface area contributed by atoms with Crippen molar-refractivity contribution in [2.75, 3.05) is 13.1 Å². The highest BCUT2D eigenvalue weighted by Crippen LogP contribution is 2.31. The molecule has 0 aromatic carbocycles. The normalized spacial score (nSPS) is 28.1. The molecule has 0 aromatic heterocycles. The van der Waals surface area contributed by atoms with Crippen molar-refractivity contribution in [1.82, 2.24) is 4.90 Å². The number of piperidine rings is 1. The SMILES string of the molecule is Cl.N[C@H]1CCCN(C(=O)C2CC2)C1. The highest BCUT2D eigenvalue weighted by atomic mass is 35.5. The van der Waals surface area contributed by atoms with Gasteiger partial charge in [0.2, 0.25) is 5.91 Å². The number of halogens is 1. The summed E-state index contributed by atoms with van der Waals surface area (Å²) >= 11 is 0. The predicted molar refractivity (Wildman–Crippen MR) is 53.8 cm³/mol. The van der Waals surface area contributed by atoms with Crippen molar-refractivity contribution in [2.45, 2.75) is 31.7 Å². The second kappa shape index (κ2) is 4.29. The van der Waals surface area contributed by atoms with Gasteiger partial charge >= 0.3 is 0 Å². The lowest BCUT2D eigenvalue weighted by Gasteiger charge is -2.30. The smallest absolute Gasteiger partial charge is 0.225 e. The first-order valence-electron chi connectivity index (χ1n) is 4.82. The lowest BCUT2D eigenvalue weighted by atomic mass is 10.1. The van der Waals surface area contributed by atoms with E-state index in [0.29, 0.717) is 11.8 Å². The fraction of sp³-hybridized carbons (Fsp3) is 0.889. The Balaban J connectivity index is 0.000000845. The number of carbonyl (C=O) groups excluding carboxylic acids is 1. The van der Waals surface area contributed by atoms with E-state index in [-0.39, 0.29) is 18.4 Å². The van der Waals surface area contributed by atoms with Crippen LogP contribution < -0.4 is 5.73 Å². The Hall–Kier alpha value is -0.280. The molecule has 2 rings (SSSR count). The third-order valence-corrected chi connectivity index (χ3v) is 2.70. The molecule has 1 aliphatic carbocycles. The number of nitrogens with zero attached hydrogens (tertiary/aromatic N) is 1. The van der Waals surface area contributed by atoms with Gasteiger partial charge < -0.3 is 10.6 Å². The van der Waals surface area contributed by atoms with Gasteiger partial charge in [-0.25, -0.2) is 0 Å². The Bertz CT molecular complexity index is 194. The Morgan fingerprint density at radius 1 is 1.31 bits per heavy atom. The van der Waals surface area contributed by atoms with Crippen LogP contribution in [0.1, 0.15) is 25.7 Å². The number of likely N-dealkylation sites (tertiary alicyclic amines) is 1. The van der Waals surface area contributed by atoms with Gasteiger partial charge in [-0.15, -0.1) is 12.4 Å². The van der Waals surface area contributed by atoms with E-state index in [9.17, 15) is 4.79 Å². The Kier molecular flexibility index (Phi) is 3.56. The average Bonchev–Trinajstić information content (AvgIpc) is 2.85. The summed E-state index contributed by atoms with van der Waals surface area (Å²) in [5, 5.41) is 0. The summed E-state index contributed by atoms with van der Waals surface area (Å²) in [5.74, 6) is 0.709. The van der Waals surface area contributed by atoms with Crippen molar-refractivity contribution in [2.24, 2.45) is 11.7 Å². The van der Waals surface area contributed by atoms with Crippen LogP contribution in [0.2, 0.25) is 0 Å². The number of nitrogens with two attached hydrogens (primary N) is 1. The largest absolute Gasteiger partial charge is 0.341 e. The van der Waals surface area contributed by atoms with Crippen LogP contribution >= 0.6 is 12.4 Å². The molecule has 4 heteroatoms. The molecular weight excluding hydrogens is 188 g/mol. The van der Waals surface area contributed by atoms with E-state index in [1.165, 1.54) is 0 Å². The first kappa shape index (κ1) is 10.8. The quantitative estimate of drug-likeness (QED) is 0.686. The maximum absolute atomic E-state index is 11.6. The summed E-state index contributed by atoms with van der Waals surface area (Å²) in [5.41, 5.74) is 5.79. The summed E-state index contributed by atoms with van der Waals surface area (Å²) in [4.78, 5) is 13.5. The lowest BCUT2D eigenvalue weighted by Crippen LogP contribution is -2.46. The summed E-state index contributed by atoms with van der Waals surface area (Å²) < 4.78 is 0. The first-order chi connectivity index (χ1) is 5.77. The van der Waals surface area contributed by atoms with Gasteiger partial charge in [0.15, 0.2) is 0 Å². The average molecular weight is 205 g/mol. The van der Waals surface area contributed by atoms with Gasteiger partial charge in [0.1, 0.15) is 0 Å². The molecule has 0 spiro atoms. The molecule has 76 valence electrons. The second-order valence-corrected chi connectivity index (χ2v) is 3.96. The predicted octanol–water partition coefficient (Wildman–Crippen LogP) is 0.768. The third-order valence-electron chi connectivity index (χ3n) is 2.70. The summed E-state index contributed by atoms with van der Waals surface area (Å²) in [6, 6.07) is 0.224. The van der Waals surface area contributed by atoms with E-state index in [1.807, 2.05) is 4.90 Å². The molecule has 0 bridgehead atoms. The van der Waals surface area contributed by atoms with Crippen LogP contribution in [0.3, 0.4) is 0 Å². The van der Waals surface area contributed by atoms with Gasteiger partial charge in [0.05, 0.1) is 0 Å². The van der Waals surface area contributed by atoms with Gasteiger partial charge in [-0.3, -0.25) is 4.79 Å². The molecule has 2 aliphatic rings. The van der Waals surface area contributed by atoms with Crippen LogP contribution in [0.25, 0.3) is 0 Å². The molecule has 1 aliphatic heterocycles. The van der Waals surface area contributed by atoms with E-state index in [0.717, 1.165) is 38.8 Å². The molecule has 1 saturated carbocycles. The van der Waals surface area contributed by atoms with Crippen molar-refractivity contribution < 1.29 is 4.79 Å². The van der Waals surface area contributed by atoms with Crippen molar-refractivity contribution >= 4 is 18.3 Å². The van der Waals surface area contributed by atoms with Crippen LogP contribution in [0.5, 0.6) is 0 Å². The fourth-order valence-electron chi connectivity index (χ4n) is 1.80. The number of hydrogen-bond donors (Lipinski definition) is 1. The van der Waals surface area contributed by atoms with E-state index in [2.05, 4.69) is 0 Å². The van der Waals surface area contributed by atoms with Crippen LogP contribution in [0.15, 0.2) is 0 Å². The van der Waals surface area contributed by atoms with E-state index in [4.69, 9.17) is 5.73 Å². The molecule has 2 N–H and O–H groups in total. The zero-order valence-corrected chi connectivity index (χ0v) is 8.55. The highest BCUT2D eigenvalue weighted by molar-refractivity contribution is 5.85. The third kappa shape index (κ3) is 2.58. The maximum Gasteiger partial charge on any atom is 0.225 e. The van der Waals surface area contributed by atoms with Crippen LogP contribution in [0, 0.1) is 5.92 Å². The van der Waals surface area contributed by atoms with E-state index < -0.39 is 0 Å². The van der Waals surface area contributed by atoms with Crippen LogP contribution in [-0.4, -0.2) is 29.9 Å². The molecule has 0 radical (unpaired) electrons. The molecule has 1 amide bonds. The summed E-state index contributed by atoms with van der Waals surface area (Å²) in [7, 11) is 0. The molecule has 0 aromatic rings. The lowest BCUT2D eigenvalue weighted by molar-refractivity contribution is -0.133. The standard InChI is InChI=1S/C9H16N2O.ClH/c10-8-2-1-5-11(6-8)9(12)7-3-4-7;/h7-8H,1-6,10H2;1H/t8-;/m0./s1. The van der Waals surface area contributed by atoms with Crippen LogP contribution in [0.4, 0.5) is 0 Å². The van der Waals surface area contributed by atoms with E-state index >= 15 is 0 Å². The van der Waals surface area contributed by atoms with Crippen molar-refractivity contribution in [3.8, 4) is 0 Å². The first-order valence-corrected chi connectivity index (χ1v) is 4.82. The van der Waals surface area contributed by atoms with Crippen LogP contribution in [-0.2, 0) is 4.79 Å². The van der Waals surface area contributed by atoms with Gasteiger partial charge in [-0.1, -0.05) is 0 Å². The van der Waals surface area contributed by atoms with Crippen molar-refractivity contribution in [1.29, 1.82) is 0 Å². The number of rotatable bonds is 1. The summed E-state index contributed by atoms with van der Waals surface area (Å²) in [6.07, 6.45) is 4.36. The molecule has 1 heterocycles. The van der Waals surface area contributed by atoms with Gasteiger partial charge in [-0.2, -0.15) is 0 Å². The van der Waals surface area contributed by atoms with Gasteiger partial charge in [0, 0.05) is 25.0 Å². The molecule has 2 fully saturated rings. The molecule has 1 saturated heterocycles. The molecule has 0 unspecified atom stereocenters. The topological polar surface area (TPSA) is 46.3 Å². The molecular formula is C9H17ClN2O. The van der Waals surface area contributed by atoms with Gasteiger partial charge in [0.25, 0.3) is 0 Å². The Morgan fingerprint density at radius 2 is 2.00 bits per heavy atom. The summed E-state index contributed by atoms with van der Waals surface area (Å²) in [6.45, 7) is 1.72. The minimum absolute atomic E-state index is 0. The van der Waals surface area contributed by atoms with Crippen molar-refractivity contribution in [3.63, 3.8) is 0 Å².